The van der Waals surface area contributed by atoms with Crippen molar-refractivity contribution < 1.29 is 23.1 Å². The van der Waals surface area contributed by atoms with Gasteiger partial charge in [0.05, 0.1) is 18.4 Å². The molecular weight excluding hydrogens is 280 g/mol. The van der Waals surface area contributed by atoms with E-state index in [1.807, 2.05) is 0 Å². The Bertz CT molecular complexity index is 681. The van der Waals surface area contributed by atoms with Crippen LogP contribution in [0.5, 0.6) is 0 Å². The number of ether oxygens (including phenoxy) is 1. The standard InChI is InChI=1S/C15H11F2NO3/c1-21-15(20)9-5-2-3-8-12(9)18-14(19)13-10(16)6-4-7-11(13)17/h2-8H,1H3,(H,18,19). The van der Waals surface area contributed by atoms with Gasteiger partial charge >= 0.3 is 5.97 Å². The van der Waals surface area contributed by atoms with Gasteiger partial charge in [-0.1, -0.05) is 18.2 Å². The normalized spacial score (nSPS) is 10.0. The van der Waals surface area contributed by atoms with E-state index in [2.05, 4.69) is 10.1 Å². The number of benzene rings is 2. The van der Waals surface area contributed by atoms with Crippen LogP contribution >= 0.6 is 0 Å². The first-order valence-electron chi connectivity index (χ1n) is 5.97. The maximum Gasteiger partial charge on any atom is 0.339 e. The molecule has 1 N–H and O–H groups in total. The van der Waals surface area contributed by atoms with Gasteiger partial charge in [0, 0.05) is 0 Å². The van der Waals surface area contributed by atoms with Crippen molar-refractivity contribution in [2.45, 2.75) is 0 Å². The zero-order chi connectivity index (χ0) is 15.4. The Hall–Kier alpha value is -2.76. The lowest BCUT2D eigenvalue weighted by molar-refractivity contribution is 0.0602. The minimum Gasteiger partial charge on any atom is -0.465 e. The molecular formula is C15H11F2NO3. The summed E-state index contributed by atoms with van der Waals surface area (Å²) < 4.78 is 31.6. The van der Waals surface area contributed by atoms with E-state index in [9.17, 15) is 18.4 Å². The first-order chi connectivity index (χ1) is 10.0. The van der Waals surface area contributed by atoms with Crippen LogP contribution in [0.25, 0.3) is 0 Å². The number of halogens is 2. The van der Waals surface area contributed by atoms with E-state index in [-0.39, 0.29) is 11.3 Å². The maximum atomic E-state index is 13.5. The number of methoxy groups -OCH3 is 1. The summed E-state index contributed by atoms with van der Waals surface area (Å²) in [5.41, 5.74) is -0.515. The van der Waals surface area contributed by atoms with Gasteiger partial charge < -0.3 is 10.1 Å². The number of carbonyl (C=O) groups is 2. The second kappa shape index (κ2) is 6.13. The fourth-order valence-electron chi connectivity index (χ4n) is 1.78. The second-order valence-corrected chi connectivity index (χ2v) is 4.09. The van der Waals surface area contributed by atoms with Gasteiger partial charge in [0.1, 0.15) is 17.2 Å². The van der Waals surface area contributed by atoms with Crippen molar-refractivity contribution in [1.29, 1.82) is 0 Å². The molecule has 0 aliphatic heterocycles. The molecule has 0 saturated heterocycles. The number of para-hydroxylation sites is 1. The number of esters is 1. The molecule has 4 nitrogen and oxygen atoms in total. The fraction of sp³-hybridized carbons (Fsp3) is 0.0667. The van der Waals surface area contributed by atoms with Crippen molar-refractivity contribution in [3.8, 4) is 0 Å². The molecule has 0 aliphatic carbocycles. The third-order valence-corrected chi connectivity index (χ3v) is 2.77. The fourth-order valence-corrected chi connectivity index (χ4v) is 1.78. The minimum atomic E-state index is -0.984. The molecule has 0 radical (unpaired) electrons. The van der Waals surface area contributed by atoms with E-state index >= 15 is 0 Å². The summed E-state index contributed by atoms with van der Waals surface area (Å²) in [5, 5.41) is 2.30. The average Bonchev–Trinajstić information content (AvgIpc) is 2.47. The highest BCUT2D eigenvalue weighted by Crippen LogP contribution is 2.19. The van der Waals surface area contributed by atoms with Gasteiger partial charge in [0.25, 0.3) is 5.91 Å². The van der Waals surface area contributed by atoms with Crippen LogP contribution in [-0.4, -0.2) is 19.0 Å². The molecule has 0 unspecified atom stereocenters. The Labute approximate surface area is 119 Å². The van der Waals surface area contributed by atoms with Crippen molar-refractivity contribution in [2.75, 3.05) is 12.4 Å². The molecule has 0 atom stereocenters. The van der Waals surface area contributed by atoms with Crippen LogP contribution in [0.4, 0.5) is 14.5 Å². The first kappa shape index (κ1) is 14.6. The number of anilines is 1. The van der Waals surface area contributed by atoms with E-state index in [0.717, 1.165) is 18.2 Å². The largest absolute Gasteiger partial charge is 0.465 e. The molecule has 2 aromatic carbocycles. The van der Waals surface area contributed by atoms with Crippen LogP contribution < -0.4 is 5.32 Å². The van der Waals surface area contributed by atoms with E-state index < -0.39 is 29.1 Å². The smallest absolute Gasteiger partial charge is 0.339 e. The Balaban J connectivity index is 2.35. The number of amides is 1. The summed E-state index contributed by atoms with van der Waals surface area (Å²) in [4.78, 5) is 23.5. The lowest BCUT2D eigenvalue weighted by atomic mass is 10.1. The van der Waals surface area contributed by atoms with Gasteiger partial charge in [0.15, 0.2) is 0 Å². The molecule has 0 aromatic heterocycles. The van der Waals surface area contributed by atoms with Gasteiger partial charge in [-0.25, -0.2) is 13.6 Å². The Kier molecular flexibility index (Phi) is 4.27. The SMILES string of the molecule is COC(=O)c1ccccc1NC(=O)c1c(F)cccc1F. The van der Waals surface area contributed by atoms with Crippen LogP contribution in [0, 0.1) is 11.6 Å². The Morgan fingerprint density at radius 2 is 1.62 bits per heavy atom. The molecule has 0 aliphatic rings. The van der Waals surface area contributed by atoms with Crippen molar-refractivity contribution in [3.63, 3.8) is 0 Å². The van der Waals surface area contributed by atoms with Gasteiger partial charge in [-0.15, -0.1) is 0 Å². The van der Waals surface area contributed by atoms with Crippen molar-refractivity contribution in [1.82, 2.24) is 0 Å². The van der Waals surface area contributed by atoms with Crippen LogP contribution in [0.3, 0.4) is 0 Å². The monoisotopic (exact) mass is 291 g/mol. The number of rotatable bonds is 3. The average molecular weight is 291 g/mol. The van der Waals surface area contributed by atoms with Gasteiger partial charge in [0.2, 0.25) is 0 Å². The number of hydrogen-bond donors (Lipinski definition) is 1. The zero-order valence-corrected chi connectivity index (χ0v) is 11.0. The predicted octanol–water partition coefficient (Wildman–Crippen LogP) is 3.00. The Morgan fingerprint density at radius 3 is 2.24 bits per heavy atom. The lowest BCUT2D eigenvalue weighted by Crippen LogP contribution is -2.18. The maximum absolute atomic E-state index is 13.5. The highest BCUT2D eigenvalue weighted by Gasteiger charge is 2.19. The van der Waals surface area contributed by atoms with Crippen LogP contribution in [0.15, 0.2) is 42.5 Å². The van der Waals surface area contributed by atoms with Gasteiger partial charge in [-0.05, 0) is 24.3 Å². The topological polar surface area (TPSA) is 55.4 Å². The molecule has 0 fully saturated rings. The first-order valence-corrected chi connectivity index (χ1v) is 5.97. The van der Waals surface area contributed by atoms with Crippen molar-refractivity contribution >= 4 is 17.6 Å². The highest BCUT2D eigenvalue weighted by molar-refractivity contribution is 6.08. The molecule has 6 heteroatoms. The summed E-state index contributed by atoms with van der Waals surface area (Å²) in [7, 11) is 1.19. The van der Waals surface area contributed by atoms with E-state index in [4.69, 9.17) is 0 Å². The van der Waals surface area contributed by atoms with Gasteiger partial charge in [-0.2, -0.15) is 0 Å². The molecule has 21 heavy (non-hydrogen) atoms. The number of carbonyl (C=O) groups excluding carboxylic acids is 2. The Morgan fingerprint density at radius 1 is 1.00 bits per heavy atom. The second-order valence-electron chi connectivity index (χ2n) is 4.09. The van der Waals surface area contributed by atoms with Crippen LogP contribution in [0.1, 0.15) is 20.7 Å². The van der Waals surface area contributed by atoms with Crippen molar-refractivity contribution in [3.05, 3.63) is 65.2 Å². The molecule has 2 rings (SSSR count). The van der Waals surface area contributed by atoms with Gasteiger partial charge in [-0.3, -0.25) is 4.79 Å². The number of hydrogen-bond acceptors (Lipinski definition) is 3. The van der Waals surface area contributed by atoms with Crippen LogP contribution in [-0.2, 0) is 4.74 Å². The summed E-state index contributed by atoms with van der Waals surface area (Å²) in [6, 6.07) is 9.12. The molecule has 2 aromatic rings. The molecule has 0 bridgehead atoms. The minimum absolute atomic E-state index is 0.0881. The lowest BCUT2D eigenvalue weighted by Gasteiger charge is -2.10. The predicted molar refractivity (Wildman–Crippen MR) is 72.1 cm³/mol. The van der Waals surface area contributed by atoms with E-state index in [1.54, 1.807) is 12.1 Å². The summed E-state index contributed by atoms with van der Waals surface area (Å²) in [6.07, 6.45) is 0. The molecule has 1 amide bonds. The zero-order valence-electron chi connectivity index (χ0n) is 11.0. The molecule has 108 valence electrons. The molecule has 0 spiro atoms. The third kappa shape index (κ3) is 3.05. The molecule has 0 heterocycles. The van der Waals surface area contributed by atoms with Crippen molar-refractivity contribution in [2.24, 2.45) is 0 Å². The van der Waals surface area contributed by atoms with E-state index in [0.29, 0.717) is 0 Å². The number of nitrogens with one attached hydrogen (secondary N) is 1. The summed E-state index contributed by atoms with van der Waals surface area (Å²) in [6.45, 7) is 0. The quantitative estimate of drug-likeness (QED) is 0.884. The molecule has 0 saturated carbocycles. The third-order valence-electron chi connectivity index (χ3n) is 2.77. The van der Waals surface area contributed by atoms with E-state index in [1.165, 1.54) is 19.2 Å². The van der Waals surface area contributed by atoms with Crippen LogP contribution in [0.2, 0.25) is 0 Å². The highest BCUT2D eigenvalue weighted by atomic mass is 19.1. The summed E-state index contributed by atoms with van der Waals surface area (Å²) in [5.74, 6) is -3.62. The summed E-state index contributed by atoms with van der Waals surface area (Å²) >= 11 is 0.